The molecule has 0 aliphatic carbocycles. The number of hydrogen-bond donors (Lipinski definition) is 1. The molecule has 0 heterocycles. The molecule has 1 rings (SSSR count). The van der Waals surface area contributed by atoms with E-state index in [4.69, 9.17) is 4.74 Å². The molecule has 0 aliphatic rings. The second-order valence-electron chi connectivity index (χ2n) is 4.47. The summed E-state index contributed by atoms with van der Waals surface area (Å²) in [6, 6.07) is 10.1. The molecule has 0 atom stereocenters. The average molecular weight is 264 g/mol. The van der Waals surface area contributed by atoms with E-state index in [1.54, 1.807) is 7.11 Å². The molecule has 0 saturated heterocycles. The number of nitrogens with zero attached hydrogens (tertiary/aromatic N) is 1. The Balaban J connectivity index is 2.44. The Morgan fingerprint density at radius 3 is 2.68 bits per heavy atom. The van der Waals surface area contributed by atoms with Crippen LogP contribution < -0.4 is 5.32 Å². The van der Waals surface area contributed by atoms with Crippen molar-refractivity contribution in [3.8, 4) is 0 Å². The highest BCUT2D eigenvalue weighted by Gasteiger charge is 2.12. The Hall–Kier alpha value is -1.39. The lowest BCUT2D eigenvalue weighted by Gasteiger charge is -2.22. The van der Waals surface area contributed by atoms with Gasteiger partial charge in [0.1, 0.15) is 0 Å². The average Bonchev–Trinajstić information content (AvgIpc) is 2.44. The molecule has 0 saturated carbocycles. The van der Waals surface area contributed by atoms with Crippen molar-refractivity contribution in [3.05, 3.63) is 35.9 Å². The molecule has 0 radical (unpaired) electrons. The van der Waals surface area contributed by atoms with Gasteiger partial charge in [-0.15, -0.1) is 0 Å². The maximum absolute atomic E-state index is 12.1. The SMILES string of the molecule is CCCN(Cc1ccccc1)C(=O)CNCCOC. The number of carbonyl (C=O) groups is 1. The van der Waals surface area contributed by atoms with Crippen LogP contribution in [0.25, 0.3) is 0 Å². The Kier molecular flexibility index (Phi) is 7.86. The molecule has 1 N–H and O–H groups in total. The van der Waals surface area contributed by atoms with Crippen molar-refractivity contribution < 1.29 is 9.53 Å². The standard InChI is InChI=1S/C15H24N2O2/c1-3-10-17(13-14-7-5-4-6-8-14)15(18)12-16-9-11-19-2/h4-8,16H,3,9-13H2,1-2H3. The molecule has 1 aromatic carbocycles. The molecule has 4 nitrogen and oxygen atoms in total. The topological polar surface area (TPSA) is 41.6 Å². The summed E-state index contributed by atoms with van der Waals surface area (Å²) in [7, 11) is 1.66. The third kappa shape index (κ3) is 6.36. The third-order valence-corrected chi connectivity index (χ3v) is 2.82. The lowest BCUT2D eigenvalue weighted by Crippen LogP contribution is -2.39. The summed E-state index contributed by atoms with van der Waals surface area (Å²) in [5, 5.41) is 3.09. The quantitative estimate of drug-likeness (QED) is 0.690. The van der Waals surface area contributed by atoms with Crippen molar-refractivity contribution in [2.24, 2.45) is 0 Å². The number of hydrogen-bond acceptors (Lipinski definition) is 3. The fourth-order valence-electron chi connectivity index (χ4n) is 1.85. The highest BCUT2D eigenvalue weighted by atomic mass is 16.5. The van der Waals surface area contributed by atoms with Gasteiger partial charge in [0.25, 0.3) is 0 Å². The third-order valence-electron chi connectivity index (χ3n) is 2.82. The van der Waals surface area contributed by atoms with Crippen LogP contribution in [0, 0.1) is 0 Å². The maximum Gasteiger partial charge on any atom is 0.236 e. The molecule has 1 aromatic rings. The summed E-state index contributed by atoms with van der Waals surface area (Å²) in [5.74, 6) is 0.141. The van der Waals surface area contributed by atoms with Gasteiger partial charge in [-0.25, -0.2) is 0 Å². The first-order valence-electron chi connectivity index (χ1n) is 6.79. The first-order valence-corrected chi connectivity index (χ1v) is 6.79. The van der Waals surface area contributed by atoms with Crippen LogP contribution in [0.4, 0.5) is 0 Å². The molecule has 4 heteroatoms. The van der Waals surface area contributed by atoms with Gasteiger partial charge in [-0.2, -0.15) is 0 Å². The Morgan fingerprint density at radius 1 is 1.32 bits per heavy atom. The van der Waals surface area contributed by atoms with E-state index in [0.29, 0.717) is 26.2 Å². The lowest BCUT2D eigenvalue weighted by atomic mass is 10.2. The number of amides is 1. The van der Waals surface area contributed by atoms with Crippen molar-refractivity contribution in [1.29, 1.82) is 0 Å². The zero-order chi connectivity index (χ0) is 13.9. The van der Waals surface area contributed by atoms with Crippen molar-refractivity contribution >= 4 is 5.91 Å². The minimum absolute atomic E-state index is 0.141. The molecule has 0 aliphatic heterocycles. The maximum atomic E-state index is 12.1. The number of carbonyl (C=O) groups excluding carboxylic acids is 1. The van der Waals surface area contributed by atoms with Gasteiger partial charge in [0, 0.05) is 26.7 Å². The molecule has 19 heavy (non-hydrogen) atoms. The number of methoxy groups -OCH3 is 1. The summed E-state index contributed by atoms with van der Waals surface area (Å²) in [5.41, 5.74) is 1.17. The molecule has 0 bridgehead atoms. The van der Waals surface area contributed by atoms with Gasteiger partial charge >= 0.3 is 0 Å². The van der Waals surface area contributed by atoms with Gasteiger partial charge in [0.15, 0.2) is 0 Å². The summed E-state index contributed by atoms with van der Waals surface area (Å²) in [6.07, 6.45) is 0.969. The highest BCUT2D eigenvalue weighted by molar-refractivity contribution is 5.78. The Bertz CT molecular complexity index is 354. The van der Waals surface area contributed by atoms with E-state index >= 15 is 0 Å². The van der Waals surface area contributed by atoms with E-state index < -0.39 is 0 Å². The van der Waals surface area contributed by atoms with E-state index in [9.17, 15) is 4.79 Å². The van der Waals surface area contributed by atoms with Crippen LogP contribution >= 0.6 is 0 Å². The molecule has 1 amide bonds. The fourth-order valence-corrected chi connectivity index (χ4v) is 1.85. The highest BCUT2D eigenvalue weighted by Crippen LogP contribution is 2.05. The van der Waals surface area contributed by atoms with Gasteiger partial charge in [0.05, 0.1) is 13.2 Å². The largest absolute Gasteiger partial charge is 0.383 e. The predicted octanol–water partition coefficient (Wildman–Crippen LogP) is 1.66. The van der Waals surface area contributed by atoms with E-state index in [-0.39, 0.29) is 5.91 Å². The fraction of sp³-hybridized carbons (Fsp3) is 0.533. The van der Waals surface area contributed by atoms with E-state index in [1.165, 1.54) is 5.56 Å². The second-order valence-corrected chi connectivity index (χ2v) is 4.47. The molecule has 106 valence electrons. The Morgan fingerprint density at radius 2 is 2.05 bits per heavy atom. The van der Waals surface area contributed by atoms with Crippen molar-refractivity contribution in [1.82, 2.24) is 10.2 Å². The molecule has 0 fully saturated rings. The zero-order valence-electron chi connectivity index (χ0n) is 11.9. The van der Waals surface area contributed by atoms with Crippen LogP contribution in [0.1, 0.15) is 18.9 Å². The van der Waals surface area contributed by atoms with Crippen molar-refractivity contribution in [3.63, 3.8) is 0 Å². The zero-order valence-corrected chi connectivity index (χ0v) is 11.9. The molecular weight excluding hydrogens is 240 g/mol. The first-order chi connectivity index (χ1) is 9.27. The monoisotopic (exact) mass is 264 g/mol. The summed E-state index contributed by atoms with van der Waals surface area (Å²) in [4.78, 5) is 14.0. The van der Waals surface area contributed by atoms with E-state index in [2.05, 4.69) is 12.2 Å². The first kappa shape index (κ1) is 15.7. The van der Waals surface area contributed by atoms with Gasteiger partial charge in [-0.05, 0) is 12.0 Å². The normalized spacial score (nSPS) is 10.4. The van der Waals surface area contributed by atoms with Gasteiger partial charge < -0.3 is 15.0 Å². The summed E-state index contributed by atoms with van der Waals surface area (Å²) in [6.45, 7) is 5.26. The number of nitrogens with one attached hydrogen (secondary N) is 1. The van der Waals surface area contributed by atoms with Crippen LogP contribution in [0.3, 0.4) is 0 Å². The van der Waals surface area contributed by atoms with Crippen LogP contribution in [-0.4, -0.2) is 44.2 Å². The van der Waals surface area contributed by atoms with Gasteiger partial charge in [-0.3, -0.25) is 4.79 Å². The van der Waals surface area contributed by atoms with Gasteiger partial charge in [0.2, 0.25) is 5.91 Å². The van der Waals surface area contributed by atoms with E-state index in [0.717, 1.165) is 13.0 Å². The smallest absolute Gasteiger partial charge is 0.236 e. The second kappa shape index (κ2) is 9.53. The lowest BCUT2D eigenvalue weighted by molar-refractivity contribution is -0.130. The number of rotatable bonds is 9. The summed E-state index contributed by atoms with van der Waals surface area (Å²) >= 11 is 0. The van der Waals surface area contributed by atoms with Crippen LogP contribution in [-0.2, 0) is 16.1 Å². The van der Waals surface area contributed by atoms with E-state index in [1.807, 2.05) is 35.2 Å². The Labute approximate surface area is 115 Å². The minimum Gasteiger partial charge on any atom is -0.383 e. The van der Waals surface area contributed by atoms with Gasteiger partial charge in [-0.1, -0.05) is 37.3 Å². The molecule has 0 aromatic heterocycles. The number of benzene rings is 1. The minimum atomic E-state index is 0.141. The van der Waals surface area contributed by atoms with Crippen LogP contribution in [0.15, 0.2) is 30.3 Å². The molecular formula is C15H24N2O2. The van der Waals surface area contributed by atoms with Crippen LogP contribution in [0.5, 0.6) is 0 Å². The summed E-state index contributed by atoms with van der Waals surface area (Å²) < 4.78 is 4.94. The molecule has 0 spiro atoms. The van der Waals surface area contributed by atoms with Crippen molar-refractivity contribution in [2.75, 3.05) is 33.4 Å². The van der Waals surface area contributed by atoms with Crippen LogP contribution in [0.2, 0.25) is 0 Å². The van der Waals surface area contributed by atoms with Crippen molar-refractivity contribution in [2.45, 2.75) is 19.9 Å². The molecule has 0 unspecified atom stereocenters. The number of ether oxygens (including phenoxy) is 1. The predicted molar refractivity (Wildman–Crippen MR) is 76.9 cm³/mol.